The number of halogens is 2. The van der Waals surface area contributed by atoms with Crippen LogP contribution in [0.1, 0.15) is 114 Å². The van der Waals surface area contributed by atoms with Crippen molar-refractivity contribution in [3.05, 3.63) is 103 Å². The molecular weight excluding hydrogens is 941 g/mol. The Balaban J connectivity index is 1.44. The molecule has 70 heavy (non-hydrogen) atoms. The Morgan fingerprint density at radius 3 is 2.20 bits per heavy atom. The minimum Gasteiger partial charge on any atom is -0.493 e. The summed E-state index contributed by atoms with van der Waals surface area (Å²) in [7, 11) is -4.53. The summed E-state index contributed by atoms with van der Waals surface area (Å²) in [6.07, 6.45) is 7.92. The van der Waals surface area contributed by atoms with Crippen LogP contribution in [0.25, 0.3) is 6.08 Å². The Morgan fingerprint density at radius 1 is 0.943 bits per heavy atom. The summed E-state index contributed by atoms with van der Waals surface area (Å²) in [6, 6.07) is 6.89. The van der Waals surface area contributed by atoms with Gasteiger partial charge in [-0.15, -0.1) is 0 Å². The van der Waals surface area contributed by atoms with Crippen LogP contribution in [-0.4, -0.2) is 95.0 Å². The number of allylic oxidation sites excluding steroid dienone is 2. The maximum Gasteiger partial charge on any atom is 0.934 e. The number of aromatic nitrogens is 1. The summed E-state index contributed by atoms with van der Waals surface area (Å²) in [5, 5.41) is 27.8. The van der Waals surface area contributed by atoms with Gasteiger partial charge in [0, 0.05) is 55.4 Å². The minimum absolute atomic E-state index is 0.0422. The van der Waals surface area contributed by atoms with E-state index >= 15 is 0 Å². The molecule has 3 aromatic rings. The number of unbranched alkanes of at least 4 members (excludes halogenated alkanes) is 3. The Labute approximate surface area is 405 Å². The maximum atomic E-state index is 14.7. The summed E-state index contributed by atoms with van der Waals surface area (Å²) in [5.41, 5.74) is 3.28. The lowest BCUT2D eigenvalue weighted by Gasteiger charge is -2.18. The molecule has 24 heteroatoms. The number of carbonyl (C=O) groups excluding carboxylic acids is 3. The molecule has 0 aliphatic carbocycles. The van der Waals surface area contributed by atoms with Crippen LogP contribution in [0.5, 0.6) is 17.2 Å². The topological polar surface area (TPSA) is 261 Å². The van der Waals surface area contributed by atoms with Gasteiger partial charge in [-0.2, -0.15) is 8.42 Å². The van der Waals surface area contributed by atoms with Crippen molar-refractivity contribution in [1.82, 2.24) is 15.2 Å². The number of nitro benzene ring substituents is 2. The number of hydrogen-bond acceptors (Lipinski definition) is 13. The third kappa shape index (κ3) is 15.9. The van der Waals surface area contributed by atoms with E-state index in [1.54, 1.807) is 13.1 Å². The molecular formula is C46H60BF2N6O14S+. The average molecular weight is 1000 g/mol. The van der Waals surface area contributed by atoms with Gasteiger partial charge >= 0.3 is 13.6 Å². The number of methoxy groups -OCH3 is 1. The minimum atomic E-state index is -4.80. The predicted octanol–water partition coefficient (Wildman–Crippen LogP) is 8.01. The fourth-order valence-electron chi connectivity index (χ4n) is 7.68. The van der Waals surface area contributed by atoms with Gasteiger partial charge in [0.2, 0.25) is 11.8 Å². The smallest absolute Gasteiger partial charge is 0.493 e. The Hall–Kier alpha value is -6.69. The van der Waals surface area contributed by atoms with Gasteiger partial charge in [-0.1, -0.05) is 40.0 Å². The van der Waals surface area contributed by atoms with E-state index in [1.165, 1.54) is 20.1 Å². The normalized spacial score (nSPS) is 13.9. The lowest BCUT2D eigenvalue weighted by Crippen LogP contribution is -2.51. The number of nitrogens with one attached hydrogen (secondary N) is 2. The van der Waals surface area contributed by atoms with Crippen molar-refractivity contribution in [2.75, 3.05) is 26.0 Å². The molecule has 380 valence electrons. The number of non-ortho nitro benzene ring substituents is 1. The van der Waals surface area contributed by atoms with Crippen molar-refractivity contribution < 1.29 is 69.3 Å². The highest BCUT2D eigenvalue weighted by atomic mass is 32.2. The van der Waals surface area contributed by atoms with E-state index in [4.69, 9.17) is 18.9 Å². The largest absolute Gasteiger partial charge is 0.934 e. The zero-order valence-electron chi connectivity index (χ0n) is 40.0. The Bertz CT molecular complexity index is 2580. The van der Waals surface area contributed by atoms with Crippen molar-refractivity contribution in [2.24, 2.45) is 7.05 Å². The van der Waals surface area contributed by atoms with Crippen LogP contribution >= 0.6 is 0 Å². The molecule has 1 aromatic heterocycles. The second-order valence-electron chi connectivity index (χ2n) is 16.4. The number of aryl methyl sites for hydroxylation is 2. The van der Waals surface area contributed by atoms with Gasteiger partial charge in [-0.3, -0.25) is 34.4 Å². The number of rotatable bonds is 28. The van der Waals surface area contributed by atoms with Crippen LogP contribution in [0, 0.1) is 20.2 Å². The first kappa shape index (κ1) is 55.9. The number of amides is 2. The first-order valence-corrected chi connectivity index (χ1v) is 24.5. The number of carbonyl (C=O) groups is 3. The molecule has 0 radical (unpaired) electrons. The van der Waals surface area contributed by atoms with E-state index in [2.05, 4.69) is 10.6 Å². The zero-order chi connectivity index (χ0) is 51.7. The molecule has 4 rings (SSSR count). The lowest BCUT2D eigenvalue weighted by atomic mass is 10.0. The van der Waals surface area contributed by atoms with E-state index in [0.29, 0.717) is 36.4 Å². The van der Waals surface area contributed by atoms with Gasteiger partial charge in [0.15, 0.2) is 22.9 Å². The first-order chi connectivity index (χ1) is 33.2. The van der Waals surface area contributed by atoms with Crippen molar-refractivity contribution in [3.8, 4) is 17.2 Å². The van der Waals surface area contributed by atoms with Gasteiger partial charge in [-0.05, 0) is 75.3 Å². The molecule has 2 aromatic carbocycles. The van der Waals surface area contributed by atoms with Crippen molar-refractivity contribution >= 4 is 58.7 Å². The number of ether oxygens (including phenoxy) is 4. The number of nitro groups is 2. The van der Waals surface area contributed by atoms with Gasteiger partial charge in [0.1, 0.15) is 30.3 Å². The SMILES string of the molecule is CCCCC1=CC(CCCC)=[N+](B(F)F)C1=Cc1c(CCCC)cc(CCC(=O)NC(CS(=O)(=O)O)C(=O)NCCOc2cc([N+](=O)[O-])c(C(C)OC(=O)Oc3ccc([N+](=O)[O-])cc3)cc2OC)n1C. The van der Waals surface area contributed by atoms with E-state index < -0.39 is 68.9 Å². The lowest BCUT2D eigenvalue weighted by molar-refractivity contribution is -0.386. The summed E-state index contributed by atoms with van der Waals surface area (Å²) < 4.78 is 87.3. The second-order valence-corrected chi connectivity index (χ2v) is 17.9. The van der Waals surface area contributed by atoms with Crippen molar-refractivity contribution in [3.63, 3.8) is 0 Å². The molecule has 1 aliphatic heterocycles. The maximum absolute atomic E-state index is 14.7. The standard InChI is InChI=1S/C46H59BF2N6O14S/c1-7-10-13-31-24-34(52(5)39(31)27-40-32(14-11-8-2)25-35(15-12-9-3)53(40)47(48)49)18-21-44(56)51-38(29-70(63,64)65)45(57)50-22-23-67-43-28-41(55(61)62)37(26-42(43)66-6)30(4)68-46(58)69-36-19-16-33(17-20-36)54(59)60/h16-17,19-20,24-28,30,38H,7-15,18,21-23,29H2,1-6H3,(H2-,50,51,56,57,63,64,65)/p+1. The predicted molar refractivity (Wildman–Crippen MR) is 256 cm³/mol. The zero-order valence-corrected chi connectivity index (χ0v) is 40.9. The first-order valence-electron chi connectivity index (χ1n) is 22.9. The van der Waals surface area contributed by atoms with Gasteiger partial charge in [-0.25, -0.2) is 17.9 Å². The van der Waals surface area contributed by atoms with Crippen LogP contribution in [0.4, 0.5) is 24.8 Å². The van der Waals surface area contributed by atoms with E-state index in [-0.39, 0.29) is 54.5 Å². The molecule has 20 nitrogen and oxygen atoms in total. The number of benzene rings is 2. The monoisotopic (exact) mass is 1000 g/mol. The van der Waals surface area contributed by atoms with Crippen LogP contribution < -0.4 is 24.8 Å². The third-order valence-electron chi connectivity index (χ3n) is 11.3. The summed E-state index contributed by atoms with van der Waals surface area (Å²) in [5.74, 6) is -3.16. The van der Waals surface area contributed by atoms with Gasteiger partial charge in [0.25, 0.3) is 21.5 Å². The van der Waals surface area contributed by atoms with Crippen LogP contribution in [-0.2, 0) is 44.3 Å². The number of hydrogen-bond donors (Lipinski definition) is 3. The molecule has 2 heterocycles. The van der Waals surface area contributed by atoms with Crippen molar-refractivity contribution in [1.29, 1.82) is 0 Å². The highest BCUT2D eigenvalue weighted by molar-refractivity contribution is 7.85. The van der Waals surface area contributed by atoms with E-state index in [0.717, 1.165) is 90.2 Å². The molecule has 2 atom stereocenters. The van der Waals surface area contributed by atoms with Gasteiger partial charge in [0.05, 0.1) is 40.8 Å². The Morgan fingerprint density at radius 2 is 1.60 bits per heavy atom. The van der Waals surface area contributed by atoms with Crippen LogP contribution in [0.2, 0.25) is 0 Å². The fraction of sp³-hybridized carbons (Fsp3) is 0.478. The summed E-state index contributed by atoms with van der Waals surface area (Å²) >= 11 is 0. The Kier molecular flexibility index (Phi) is 21.0. The molecule has 2 unspecified atom stereocenters. The highest BCUT2D eigenvalue weighted by Gasteiger charge is 2.44. The quantitative estimate of drug-likeness (QED) is 0.0118. The van der Waals surface area contributed by atoms with E-state index in [9.17, 15) is 56.2 Å². The highest BCUT2D eigenvalue weighted by Crippen LogP contribution is 2.39. The van der Waals surface area contributed by atoms with Gasteiger partial charge < -0.3 is 34.1 Å². The molecule has 2 amide bonds. The average Bonchev–Trinajstić information content (AvgIpc) is 3.81. The summed E-state index contributed by atoms with van der Waals surface area (Å²) in [6.45, 7) is 6.75. The second kappa shape index (κ2) is 26.3. The van der Waals surface area contributed by atoms with Crippen molar-refractivity contribution in [2.45, 2.75) is 110 Å². The van der Waals surface area contributed by atoms with Crippen LogP contribution in [0.3, 0.4) is 0 Å². The fourth-order valence-corrected chi connectivity index (χ4v) is 8.33. The molecule has 3 N–H and O–H groups in total. The molecule has 0 spiro atoms. The molecule has 1 aliphatic rings. The molecule has 0 saturated carbocycles. The summed E-state index contributed by atoms with van der Waals surface area (Å²) in [4.78, 5) is 60.7. The number of nitrogens with zero attached hydrogens (tertiary/aromatic N) is 4. The molecule has 0 saturated heterocycles. The molecule has 0 bridgehead atoms. The van der Waals surface area contributed by atoms with E-state index in [1.807, 2.05) is 37.5 Å². The van der Waals surface area contributed by atoms with Crippen LogP contribution in [0.15, 0.2) is 59.8 Å². The molecule has 0 fully saturated rings. The third-order valence-corrected chi connectivity index (χ3v) is 12.1.